The van der Waals surface area contributed by atoms with Crippen molar-refractivity contribution < 1.29 is 4.79 Å². The minimum absolute atomic E-state index is 0.148. The van der Waals surface area contributed by atoms with Crippen molar-refractivity contribution in [2.75, 3.05) is 20.1 Å². The maximum absolute atomic E-state index is 12.4. The lowest BCUT2D eigenvalue weighted by molar-refractivity contribution is -0.131. The number of carbonyl (C=O) groups excluding carboxylic acids is 1. The summed E-state index contributed by atoms with van der Waals surface area (Å²) in [6, 6.07) is 4.23. The molecule has 116 valence electrons. The van der Waals surface area contributed by atoms with Crippen molar-refractivity contribution in [3.8, 4) is 10.6 Å². The highest BCUT2D eigenvalue weighted by Crippen LogP contribution is 2.23. The first-order chi connectivity index (χ1) is 10.7. The smallest absolute Gasteiger partial charge is 0.228 e. The number of rotatable bonds is 4. The first kappa shape index (κ1) is 15.1. The average Bonchev–Trinajstić information content (AvgIpc) is 3.04. The minimum Gasteiger partial charge on any atom is -0.342 e. The summed E-state index contributed by atoms with van der Waals surface area (Å²) in [4.78, 5) is 23.0. The zero-order chi connectivity index (χ0) is 15.4. The van der Waals surface area contributed by atoms with Gasteiger partial charge in [-0.2, -0.15) is 0 Å². The average molecular weight is 316 g/mol. The number of aromatic nitrogens is 2. The molecule has 22 heavy (non-hydrogen) atoms. The van der Waals surface area contributed by atoms with Crippen LogP contribution in [-0.2, 0) is 11.2 Å². The van der Waals surface area contributed by atoms with Crippen LogP contribution in [0.4, 0.5) is 0 Å². The first-order valence-corrected chi connectivity index (χ1v) is 8.43. The van der Waals surface area contributed by atoms with Crippen LogP contribution in [0.2, 0.25) is 0 Å². The van der Waals surface area contributed by atoms with Crippen LogP contribution < -0.4 is 5.32 Å². The summed E-state index contributed by atoms with van der Waals surface area (Å²) in [6.45, 7) is 1.98. The van der Waals surface area contributed by atoms with Crippen LogP contribution in [0, 0.1) is 0 Å². The highest BCUT2D eigenvalue weighted by Gasteiger charge is 2.22. The molecule has 1 aliphatic rings. The Kier molecular flexibility index (Phi) is 4.80. The zero-order valence-corrected chi connectivity index (χ0v) is 13.5. The molecule has 5 nitrogen and oxygen atoms in total. The van der Waals surface area contributed by atoms with Gasteiger partial charge in [-0.25, -0.2) is 4.98 Å². The number of amides is 1. The van der Waals surface area contributed by atoms with E-state index in [1.165, 1.54) is 0 Å². The molecule has 0 bridgehead atoms. The van der Waals surface area contributed by atoms with E-state index in [-0.39, 0.29) is 5.91 Å². The Labute approximate surface area is 134 Å². The molecule has 3 heterocycles. The second kappa shape index (κ2) is 6.98. The Bertz CT molecular complexity index is 622. The topological polar surface area (TPSA) is 58.1 Å². The van der Waals surface area contributed by atoms with E-state index in [1.54, 1.807) is 23.7 Å². The van der Waals surface area contributed by atoms with Crippen molar-refractivity contribution >= 4 is 17.2 Å². The van der Waals surface area contributed by atoms with Gasteiger partial charge >= 0.3 is 0 Å². The second-order valence-electron chi connectivity index (χ2n) is 5.55. The van der Waals surface area contributed by atoms with Gasteiger partial charge in [0.2, 0.25) is 5.91 Å². The quantitative estimate of drug-likeness (QED) is 0.937. The maximum Gasteiger partial charge on any atom is 0.228 e. The molecule has 1 saturated heterocycles. The van der Waals surface area contributed by atoms with E-state index in [0.29, 0.717) is 12.5 Å². The molecule has 1 fully saturated rings. The predicted octanol–water partition coefficient (Wildman–Crippen LogP) is 1.96. The van der Waals surface area contributed by atoms with Crippen LogP contribution in [-0.4, -0.2) is 47.0 Å². The number of piperidine rings is 1. The summed E-state index contributed by atoms with van der Waals surface area (Å²) in [7, 11) is 1.91. The van der Waals surface area contributed by atoms with Crippen LogP contribution in [0.25, 0.3) is 10.6 Å². The molecule has 0 atom stereocenters. The molecule has 3 rings (SSSR count). The number of nitrogens with one attached hydrogen (secondary N) is 1. The van der Waals surface area contributed by atoms with Gasteiger partial charge in [0.1, 0.15) is 5.01 Å². The van der Waals surface area contributed by atoms with Crippen LogP contribution >= 0.6 is 11.3 Å². The van der Waals surface area contributed by atoms with Crippen LogP contribution in [0.5, 0.6) is 0 Å². The highest BCUT2D eigenvalue weighted by atomic mass is 32.1. The third-order valence-electron chi connectivity index (χ3n) is 4.04. The molecule has 0 saturated carbocycles. The predicted molar refractivity (Wildman–Crippen MR) is 87.7 cm³/mol. The number of hydrogen-bond donors (Lipinski definition) is 1. The number of carbonyl (C=O) groups is 1. The lowest BCUT2D eigenvalue weighted by Gasteiger charge is -2.31. The fourth-order valence-electron chi connectivity index (χ4n) is 2.69. The Morgan fingerprint density at radius 1 is 1.45 bits per heavy atom. The lowest BCUT2D eigenvalue weighted by atomic mass is 10.0. The van der Waals surface area contributed by atoms with E-state index in [0.717, 1.165) is 42.2 Å². The van der Waals surface area contributed by atoms with Gasteiger partial charge in [0, 0.05) is 36.4 Å². The molecule has 0 aromatic carbocycles. The number of pyridine rings is 1. The van der Waals surface area contributed by atoms with E-state index >= 15 is 0 Å². The van der Waals surface area contributed by atoms with Crippen molar-refractivity contribution in [1.29, 1.82) is 0 Å². The standard InChI is InChI=1S/C16H20N4OS/c1-20(14-4-7-17-8-5-14)15(21)9-13-11-22-16(19-13)12-3-2-6-18-10-12/h2-3,6,10-11,14,17H,4-5,7-9H2,1H3. The van der Waals surface area contributed by atoms with Gasteiger partial charge in [-0.05, 0) is 38.1 Å². The van der Waals surface area contributed by atoms with Gasteiger partial charge in [-0.15, -0.1) is 11.3 Å². The molecule has 0 aliphatic carbocycles. The summed E-state index contributed by atoms with van der Waals surface area (Å²) in [5.41, 5.74) is 1.84. The maximum atomic E-state index is 12.4. The van der Waals surface area contributed by atoms with Gasteiger partial charge in [-0.1, -0.05) is 0 Å². The summed E-state index contributed by atoms with van der Waals surface area (Å²) in [5, 5.41) is 6.21. The Morgan fingerprint density at radius 3 is 3.00 bits per heavy atom. The molecule has 0 spiro atoms. The fourth-order valence-corrected chi connectivity index (χ4v) is 3.50. The highest BCUT2D eigenvalue weighted by molar-refractivity contribution is 7.13. The zero-order valence-electron chi connectivity index (χ0n) is 12.7. The van der Waals surface area contributed by atoms with Gasteiger partial charge in [0.15, 0.2) is 0 Å². The summed E-state index contributed by atoms with van der Waals surface area (Å²) in [6.07, 6.45) is 5.97. The number of hydrogen-bond acceptors (Lipinski definition) is 5. The van der Waals surface area contributed by atoms with Crippen LogP contribution in [0.1, 0.15) is 18.5 Å². The molecule has 0 radical (unpaired) electrons. The van der Waals surface area contributed by atoms with E-state index < -0.39 is 0 Å². The molecule has 6 heteroatoms. The van der Waals surface area contributed by atoms with E-state index in [1.807, 2.05) is 29.5 Å². The van der Waals surface area contributed by atoms with Crippen molar-refractivity contribution in [2.24, 2.45) is 0 Å². The minimum atomic E-state index is 0.148. The fraction of sp³-hybridized carbons (Fsp3) is 0.438. The monoisotopic (exact) mass is 316 g/mol. The van der Waals surface area contributed by atoms with Gasteiger partial charge in [0.25, 0.3) is 0 Å². The van der Waals surface area contributed by atoms with Crippen LogP contribution in [0.15, 0.2) is 29.9 Å². The molecule has 1 aliphatic heterocycles. The number of thiazole rings is 1. The van der Waals surface area contributed by atoms with Gasteiger partial charge < -0.3 is 10.2 Å². The summed E-state index contributed by atoms with van der Waals surface area (Å²) in [5.74, 6) is 0.148. The van der Waals surface area contributed by atoms with Crippen LogP contribution in [0.3, 0.4) is 0 Å². The van der Waals surface area contributed by atoms with Crippen molar-refractivity contribution in [2.45, 2.75) is 25.3 Å². The largest absolute Gasteiger partial charge is 0.342 e. The Hall–Kier alpha value is -1.79. The van der Waals surface area contributed by atoms with Crippen molar-refractivity contribution in [3.05, 3.63) is 35.6 Å². The van der Waals surface area contributed by atoms with Gasteiger partial charge in [-0.3, -0.25) is 9.78 Å². The van der Waals surface area contributed by atoms with Gasteiger partial charge in [0.05, 0.1) is 12.1 Å². The molecule has 1 amide bonds. The lowest BCUT2D eigenvalue weighted by Crippen LogP contribution is -2.44. The van der Waals surface area contributed by atoms with Crippen molar-refractivity contribution in [3.63, 3.8) is 0 Å². The first-order valence-electron chi connectivity index (χ1n) is 7.55. The van der Waals surface area contributed by atoms with Crippen molar-refractivity contribution in [1.82, 2.24) is 20.2 Å². The number of likely N-dealkylation sites (N-methyl/N-ethyl adjacent to an activating group) is 1. The third kappa shape index (κ3) is 3.51. The van der Waals surface area contributed by atoms with E-state index in [4.69, 9.17) is 0 Å². The normalized spacial score (nSPS) is 15.7. The molecular weight excluding hydrogens is 296 g/mol. The molecule has 2 aromatic rings. The summed E-state index contributed by atoms with van der Waals surface area (Å²) >= 11 is 1.56. The van der Waals surface area contributed by atoms with E-state index in [2.05, 4.69) is 15.3 Å². The SMILES string of the molecule is CN(C(=O)Cc1csc(-c2cccnc2)n1)C1CCNCC1. The molecule has 1 N–H and O–H groups in total. The van der Waals surface area contributed by atoms with E-state index in [9.17, 15) is 4.79 Å². The molecule has 0 unspecified atom stereocenters. The second-order valence-corrected chi connectivity index (χ2v) is 6.41. The third-order valence-corrected chi connectivity index (χ3v) is 4.98. The number of nitrogens with zero attached hydrogens (tertiary/aromatic N) is 3. The molecular formula is C16H20N4OS. The Morgan fingerprint density at radius 2 is 2.27 bits per heavy atom. The Balaban J connectivity index is 1.63. The molecule has 2 aromatic heterocycles. The summed E-state index contributed by atoms with van der Waals surface area (Å²) < 4.78 is 0.